The number of rotatable bonds is 6. The van der Waals surface area contributed by atoms with Gasteiger partial charge in [0.25, 0.3) is 10.0 Å². The van der Waals surface area contributed by atoms with E-state index in [1.807, 2.05) is 4.72 Å². The third kappa shape index (κ3) is 4.90. The van der Waals surface area contributed by atoms with Crippen molar-refractivity contribution < 1.29 is 47.3 Å². The molecule has 32 heavy (non-hydrogen) atoms. The number of fused-ring (bicyclic) bond motifs is 1. The summed E-state index contributed by atoms with van der Waals surface area (Å²) >= 11 is 0. The summed E-state index contributed by atoms with van der Waals surface area (Å²) in [6.07, 6.45) is 0. The van der Waals surface area contributed by atoms with Gasteiger partial charge in [0, 0.05) is 5.39 Å². The van der Waals surface area contributed by atoms with E-state index in [1.165, 1.54) is 18.2 Å². The van der Waals surface area contributed by atoms with Crippen LogP contribution in [-0.4, -0.2) is 47.3 Å². The molecule has 0 saturated carbocycles. The Morgan fingerprint density at radius 1 is 0.594 bits per heavy atom. The molecule has 0 spiro atoms. The molecule has 1 N–H and O–H groups in total. The molecule has 0 aliphatic heterocycles. The van der Waals surface area contributed by atoms with Crippen LogP contribution >= 0.6 is 0 Å². The topological polar surface area (TPSA) is 218 Å². The van der Waals surface area contributed by atoms with Crippen LogP contribution in [0.25, 0.3) is 10.8 Å². The van der Waals surface area contributed by atoms with Gasteiger partial charge in [0.05, 0.1) is 25.3 Å². The summed E-state index contributed by atoms with van der Waals surface area (Å²) in [7, 11) is -20.6. The lowest BCUT2D eigenvalue weighted by atomic mass is 10.1. The van der Waals surface area contributed by atoms with Gasteiger partial charge in [0.15, 0.2) is 0 Å². The van der Waals surface area contributed by atoms with Crippen molar-refractivity contribution in [1.29, 1.82) is 0 Å². The summed E-state index contributed by atoms with van der Waals surface area (Å²) in [5.74, 6) is 0. The monoisotopic (exact) mass is 520 g/mol. The molecule has 0 saturated heterocycles. The first-order valence-corrected chi connectivity index (χ1v) is 13.8. The Bertz CT molecular complexity index is 1660. The van der Waals surface area contributed by atoms with Gasteiger partial charge < -0.3 is 13.7 Å². The van der Waals surface area contributed by atoms with E-state index < -0.39 is 71.5 Å². The SMILES string of the molecule is O=S(=O)([O-])c1cc(NS(=O)(=O)c2ccccc2)c2c(S(=O)(=O)[O-])cc(S(=O)(=O)[O-])cc2c1. The van der Waals surface area contributed by atoms with Gasteiger partial charge in [0.1, 0.15) is 30.4 Å². The maximum Gasteiger partial charge on any atom is 0.261 e. The zero-order chi connectivity index (χ0) is 24.1. The van der Waals surface area contributed by atoms with Crippen LogP contribution in [0.4, 0.5) is 5.69 Å². The van der Waals surface area contributed by atoms with Gasteiger partial charge >= 0.3 is 0 Å². The minimum atomic E-state index is -5.52. The summed E-state index contributed by atoms with van der Waals surface area (Å²) < 4.78 is 131. The van der Waals surface area contributed by atoms with E-state index in [0.717, 1.165) is 12.1 Å². The standard InChI is InChI=1S/C16H13NO11S4/c18-29(19,11-4-2-1-3-5-11)17-14-8-12(30(20,21)22)6-10-7-13(31(23,24)25)9-15(16(10)14)32(26,27)28/h1-9,17H,(H,20,21,22)(H,23,24,25)(H,26,27,28)/p-3. The van der Waals surface area contributed by atoms with Gasteiger partial charge in [-0.1, -0.05) is 18.2 Å². The zero-order valence-electron chi connectivity index (χ0n) is 15.3. The van der Waals surface area contributed by atoms with E-state index in [1.54, 1.807) is 0 Å². The molecule has 0 amide bonds. The Hall–Kier alpha value is -2.60. The van der Waals surface area contributed by atoms with Gasteiger partial charge in [-0.25, -0.2) is 33.7 Å². The smallest absolute Gasteiger partial charge is 0.261 e. The fourth-order valence-corrected chi connectivity index (χ4v) is 5.77. The van der Waals surface area contributed by atoms with Crippen molar-refractivity contribution in [2.45, 2.75) is 19.6 Å². The van der Waals surface area contributed by atoms with E-state index in [2.05, 4.69) is 0 Å². The van der Waals surface area contributed by atoms with Crippen LogP contribution < -0.4 is 4.72 Å². The fraction of sp³-hybridized carbons (Fsp3) is 0. The highest BCUT2D eigenvalue weighted by Gasteiger charge is 2.22. The molecule has 12 nitrogen and oxygen atoms in total. The third-order valence-corrected chi connectivity index (χ3v) is 7.97. The van der Waals surface area contributed by atoms with Crippen LogP contribution in [-0.2, 0) is 40.4 Å². The largest absolute Gasteiger partial charge is 0.744 e. The molecule has 3 aromatic carbocycles. The number of nitrogens with one attached hydrogen (secondary N) is 1. The number of hydrogen-bond acceptors (Lipinski definition) is 11. The van der Waals surface area contributed by atoms with E-state index in [9.17, 15) is 47.3 Å². The molecule has 0 bridgehead atoms. The number of benzene rings is 3. The summed E-state index contributed by atoms with van der Waals surface area (Å²) in [4.78, 5) is -3.94. The maximum absolute atomic E-state index is 12.7. The Morgan fingerprint density at radius 2 is 1.09 bits per heavy atom. The first-order valence-electron chi connectivity index (χ1n) is 8.07. The molecule has 0 heterocycles. The summed E-state index contributed by atoms with van der Waals surface area (Å²) in [6, 6.07) is 8.21. The minimum Gasteiger partial charge on any atom is -0.744 e. The van der Waals surface area contributed by atoms with Crippen molar-refractivity contribution in [3.63, 3.8) is 0 Å². The summed E-state index contributed by atoms with van der Waals surface area (Å²) in [5.41, 5.74) is -0.815. The molecular formula is C16H10NO11S4-3. The van der Waals surface area contributed by atoms with E-state index in [4.69, 9.17) is 0 Å². The molecule has 0 fully saturated rings. The summed E-state index contributed by atoms with van der Waals surface area (Å²) in [5, 5.41) is -1.40. The first-order chi connectivity index (χ1) is 14.5. The molecule has 0 aliphatic rings. The van der Waals surface area contributed by atoms with E-state index in [-0.39, 0.29) is 11.0 Å². The zero-order valence-corrected chi connectivity index (χ0v) is 18.6. The first kappa shape index (κ1) is 24.1. The molecule has 0 aliphatic carbocycles. The van der Waals surface area contributed by atoms with Gasteiger partial charge in [-0.05, 0) is 41.8 Å². The lowest BCUT2D eigenvalue weighted by molar-refractivity contribution is 0.460. The number of sulfonamides is 1. The fourth-order valence-electron chi connectivity index (χ4n) is 2.79. The highest BCUT2D eigenvalue weighted by molar-refractivity contribution is 7.92. The minimum absolute atomic E-state index is 0.221. The van der Waals surface area contributed by atoms with Crippen LogP contribution in [0.3, 0.4) is 0 Å². The van der Waals surface area contributed by atoms with Gasteiger partial charge in [0.2, 0.25) is 0 Å². The van der Waals surface area contributed by atoms with Gasteiger partial charge in [-0.15, -0.1) is 0 Å². The normalized spacial score (nSPS) is 13.2. The Labute approximate surface area is 182 Å². The van der Waals surface area contributed by atoms with Crippen molar-refractivity contribution in [3.8, 4) is 0 Å². The van der Waals surface area contributed by atoms with Crippen molar-refractivity contribution in [2.75, 3.05) is 4.72 Å². The average molecular weight is 521 g/mol. The van der Waals surface area contributed by atoms with Crippen molar-refractivity contribution >= 4 is 56.8 Å². The van der Waals surface area contributed by atoms with Crippen LogP contribution in [0.5, 0.6) is 0 Å². The van der Waals surface area contributed by atoms with Crippen molar-refractivity contribution in [2.24, 2.45) is 0 Å². The second-order valence-corrected chi connectivity index (χ2v) is 12.1. The highest BCUT2D eigenvalue weighted by Crippen LogP contribution is 2.36. The lowest BCUT2D eigenvalue weighted by Gasteiger charge is -2.20. The lowest BCUT2D eigenvalue weighted by Crippen LogP contribution is -2.15. The second-order valence-electron chi connectivity index (χ2n) is 6.27. The quantitative estimate of drug-likeness (QED) is 0.437. The molecule has 0 radical (unpaired) electrons. The highest BCUT2D eigenvalue weighted by atomic mass is 32.2. The molecular weight excluding hydrogens is 510 g/mol. The molecule has 0 atom stereocenters. The van der Waals surface area contributed by atoms with Crippen LogP contribution in [0.15, 0.2) is 74.2 Å². The molecule has 172 valence electrons. The van der Waals surface area contributed by atoms with Crippen molar-refractivity contribution in [3.05, 3.63) is 54.6 Å². The van der Waals surface area contributed by atoms with Crippen LogP contribution in [0.1, 0.15) is 0 Å². The Kier molecular flexibility index (Phi) is 5.84. The Morgan fingerprint density at radius 3 is 1.56 bits per heavy atom. The molecule has 3 aromatic rings. The third-order valence-electron chi connectivity index (χ3n) is 4.10. The van der Waals surface area contributed by atoms with Crippen LogP contribution in [0, 0.1) is 0 Å². The van der Waals surface area contributed by atoms with Gasteiger partial charge in [-0.3, -0.25) is 4.72 Å². The van der Waals surface area contributed by atoms with Gasteiger partial charge in [-0.2, -0.15) is 0 Å². The average Bonchev–Trinajstić information content (AvgIpc) is 2.65. The summed E-state index contributed by atoms with van der Waals surface area (Å²) in [6.45, 7) is 0. The molecule has 16 heteroatoms. The van der Waals surface area contributed by atoms with Crippen molar-refractivity contribution in [1.82, 2.24) is 0 Å². The predicted octanol–water partition coefficient (Wildman–Crippen LogP) is 0.353. The molecule has 0 unspecified atom stereocenters. The number of hydrogen-bond donors (Lipinski definition) is 1. The van der Waals surface area contributed by atoms with E-state index >= 15 is 0 Å². The molecule has 0 aromatic heterocycles. The maximum atomic E-state index is 12.7. The van der Waals surface area contributed by atoms with E-state index in [0.29, 0.717) is 18.2 Å². The number of anilines is 1. The Balaban J connectivity index is 2.48. The molecule has 3 rings (SSSR count). The second kappa shape index (κ2) is 7.77. The predicted molar refractivity (Wildman–Crippen MR) is 105 cm³/mol. The van der Waals surface area contributed by atoms with Crippen LogP contribution in [0.2, 0.25) is 0 Å².